The third-order valence-electron chi connectivity index (χ3n) is 2.35. The lowest BCUT2D eigenvalue weighted by molar-refractivity contribution is -0.384. The van der Waals surface area contributed by atoms with Crippen molar-refractivity contribution in [2.24, 2.45) is 0 Å². The molecule has 0 atom stereocenters. The molecule has 2 rings (SSSR count). The Labute approximate surface area is 113 Å². The number of imidazole rings is 1. The number of halogens is 4. The largest absolute Gasteiger partial charge is 0.417 e. The van der Waals surface area contributed by atoms with E-state index in [1.807, 2.05) is 0 Å². The minimum atomic E-state index is -4.67. The van der Waals surface area contributed by atoms with E-state index in [1.54, 1.807) is 0 Å². The van der Waals surface area contributed by atoms with Gasteiger partial charge in [0.2, 0.25) is 0 Å². The quantitative estimate of drug-likeness (QED) is 0.622. The molecule has 0 saturated heterocycles. The van der Waals surface area contributed by atoms with Crippen LogP contribution < -0.4 is 0 Å². The topological polar surface area (TPSA) is 61.0 Å². The highest BCUT2D eigenvalue weighted by molar-refractivity contribution is 9.10. The van der Waals surface area contributed by atoms with Crippen molar-refractivity contribution in [2.45, 2.75) is 6.18 Å². The van der Waals surface area contributed by atoms with Gasteiger partial charge in [-0.05, 0) is 6.07 Å². The predicted octanol–water partition coefficient (Wildman–Crippen LogP) is 3.56. The maximum absolute atomic E-state index is 12.7. The number of rotatable bonds is 2. The maximum Gasteiger partial charge on any atom is 0.417 e. The first kappa shape index (κ1) is 13.5. The Morgan fingerprint density at radius 2 is 2.05 bits per heavy atom. The van der Waals surface area contributed by atoms with Gasteiger partial charge < -0.3 is 4.57 Å². The van der Waals surface area contributed by atoms with Gasteiger partial charge in [-0.25, -0.2) is 4.98 Å². The van der Waals surface area contributed by atoms with Gasteiger partial charge in [-0.3, -0.25) is 10.1 Å². The van der Waals surface area contributed by atoms with E-state index in [0.717, 1.165) is 6.07 Å². The van der Waals surface area contributed by atoms with Crippen molar-refractivity contribution in [1.29, 1.82) is 0 Å². The maximum atomic E-state index is 12.7. The SMILES string of the molecule is O=[N+]([O-])c1cc(C(F)(F)F)c(Br)cc1-n1ccnc1. The fourth-order valence-electron chi connectivity index (χ4n) is 1.52. The molecule has 9 heteroatoms. The van der Waals surface area contributed by atoms with Crippen LogP contribution in [0, 0.1) is 10.1 Å². The highest BCUT2D eigenvalue weighted by Crippen LogP contribution is 2.39. The molecular formula is C10H5BrF3N3O2. The van der Waals surface area contributed by atoms with Gasteiger partial charge in [0.05, 0.1) is 16.8 Å². The van der Waals surface area contributed by atoms with Crippen LogP contribution in [0.4, 0.5) is 18.9 Å². The number of nitrogens with zero attached hydrogens (tertiary/aromatic N) is 3. The van der Waals surface area contributed by atoms with Crippen LogP contribution in [0.3, 0.4) is 0 Å². The van der Waals surface area contributed by atoms with E-state index in [2.05, 4.69) is 20.9 Å². The summed E-state index contributed by atoms with van der Waals surface area (Å²) in [5.74, 6) is 0. The van der Waals surface area contributed by atoms with Gasteiger partial charge in [0.15, 0.2) is 0 Å². The van der Waals surface area contributed by atoms with Gasteiger partial charge in [-0.2, -0.15) is 13.2 Å². The number of alkyl halides is 3. The molecule has 2 aromatic rings. The van der Waals surface area contributed by atoms with Crippen LogP contribution in [-0.4, -0.2) is 14.5 Å². The molecule has 0 radical (unpaired) electrons. The zero-order valence-electron chi connectivity index (χ0n) is 9.06. The van der Waals surface area contributed by atoms with Crippen LogP contribution in [0.1, 0.15) is 5.56 Å². The number of nitro groups is 1. The van der Waals surface area contributed by atoms with Gasteiger partial charge in [0.1, 0.15) is 5.69 Å². The smallest absolute Gasteiger partial charge is 0.300 e. The predicted molar refractivity (Wildman–Crippen MR) is 62.9 cm³/mol. The number of hydrogen-bond acceptors (Lipinski definition) is 3. The lowest BCUT2D eigenvalue weighted by Crippen LogP contribution is -2.09. The highest BCUT2D eigenvalue weighted by Gasteiger charge is 2.36. The van der Waals surface area contributed by atoms with Crippen molar-refractivity contribution in [3.05, 3.63) is 51.0 Å². The Kier molecular flexibility index (Phi) is 3.31. The minimum Gasteiger partial charge on any atom is -0.300 e. The van der Waals surface area contributed by atoms with E-state index in [0.29, 0.717) is 6.07 Å². The number of aromatic nitrogens is 2. The second-order valence-electron chi connectivity index (χ2n) is 3.55. The Morgan fingerprint density at radius 1 is 1.37 bits per heavy atom. The second-order valence-corrected chi connectivity index (χ2v) is 4.40. The van der Waals surface area contributed by atoms with Gasteiger partial charge >= 0.3 is 6.18 Å². The van der Waals surface area contributed by atoms with E-state index in [1.165, 1.54) is 23.3 Å². The Morgan fingerprint density at radius 3 is 2.53 bits per heavy atom. The molecule has 1 aromatic heterocycles. The molecule has 100 valence electrons. The van der Waals surface area contributed by atoms with Crippen LogP contribution in [0.15, 0.2) is 35.3 Å². The number of nitro benzene ring substituents is 1. The summed E-state index contributed by atoms with van der Waals surface area (Å²) in [7, 11) is 0. The summed E-state index contributed by atoms with van der Waals surface area (Å²) in [6, 6.07) is 1.54. The van der Waals surface area contributed by atoms with E-state index in [-0.39, 0.29) is 10.2 Å². The molecule has 0 spiro atoms. The molecule has 0 aliphatic heterocycles. The summed E-state index contributed by atoms with van der Waals surface area (Å²) in [5, 5.41) is 10.9. The van der Waals surface area contributed by atoms with Crippen molar-refractivity contribution >= 4 is 21.6 Å². The van der Waals surface area contributed by atoms with Gasteiger partial charge in [0.25, 0.3) is 5.69 Å². The molecule has 1 heterocycles. The second kappa shape index (κ2) is 4.65. The van der Waals surface area contributed by atoms with Crippen LogP contribution in [0.5, 0.6) is 0 Å². The molecule has 1 aromatic carbocycles. The van der Waals surface area contributed by atoms with Crippen LogP contribution >= 0.6 is 15.9 Å². The van der Waals surface area contributed by atoms with Crippen molar-refractivity contribution < 1.29 is 18.1 Å². The molecular weight excluding hydrogens is 331 g/mol. The molecule has 0 unspecified atom stereocenters. The summed E-state index contributed by atoms with van der Waals surface area (Å²) in [6.07, 6.45) is -0.629. The Hall–Kier alpha value is -1.90. The first-order chi connectivity index (χ1) is 8.80. The zero-order chi connectivity index (χ0) is 14.2. The zero-order valence-corrected chi connectivity index (χ0v) is 10.6. The number of hydrogen-bond donors (Lipinski definition) is 0. The lowest BCUT2D eigenvalue weighted by Gasteiger charge is -2.11. The normalized spacial score (nSPS) is 11.6. The van der Waals surface area contributed by atoms with Crippen LogP contribution in [0.2, 0.25) is 0 Å². The average molecular weight is 336 g/mol. The summed E-state index contributed by atoms with van der Waals surface area (Å²) in [6.45, 7) is 0. The third-order valence-corrected chi connectivity index (χ3v) is 3.00. The highest BCUT2D eigenvalue weighted by atomic mass is 79.9. The first-order valence-electron chi connectivity index (χ1n) is 4.84. The van der Waals surface area contributed by atoms with Crippen molar-refractivity contribution in [2.75, 3.05) is 0 Å². The lowest BCUT2D eigenvalue weighted by atomic mass is 10.1. The summed E-state index contributed by atoms with van der Waals surface area (Å²) < 4.78 is 39.1. The summed E-state index contributed by atoms with van der Waals surface area (Å²) in [4.78, 5) is 13.7. The molecule has 0 amide bonds. The summed E-state index contributed by atoms with van der Waals surface area (Å²) in [5.41, 5.74) is -1.74. The van der Waals surface area contributed by atoms with Crippen LogP contribution in [-0.2, 0) is 6.18 Å². The van der Waals surface area contributed by atoms with Gasteiger partial charge in [0, 0.05) is 22.9 Å². The molecule has 0 saturated carbocycles. The van der Waals surface area contributed by atoms with E-state index in [9.17, 15) is 23.3 Å². The van der Waals surface area contributed by atoms with E-state index >= 15 is 0 Å². The summed E-state index contributed by atoms with van der Waals surface area (Å²) >= 11 is 2.78. The van der Waals surface area contributed by atoms with Crippen molar-refractivity contribution in [3.63, 3.8) is 0 Å². The van der Waals surface area contributed by atoms with E-state index < -0.39 is 22.4 Å². The standard InChI is InChI=1S/C10H5BrF3N3O2/c11-7-4-8(16-2-1-15-5-16)9(17(18)19)3-6(7)10(12,13)14/h1-5H. The molecule has 0 aliphatic rings. The van der Waals surface area contributed by atoms with Gasteiger partial charge in [-0.15, -0.1) is 0 Å². The van der Waals surface area contributed by atoms with E-state index in [4.69, 9.17) is 0 Å². The molecule has 5 nitrogen and oxygen atoms in total. The fraction of sp³-hybridized carbons (Fsp3) is 0.100. The molecule has 19 heavy (non-hydrogen) atoms. The molecule has 0 aliphatic carbocycles. The first-order valence-corrected chi connectivity index (χ1v) is 5.63. The van der Waals surface area contributed by atoms with Crippen molar-refractivity contribution in [3.8, 4) is 5.69 Å². The molecule has 0 bridgehead atoms. The van der Waals surface area contributed by atoms with Crippen molar-refractivity contribution in [1.82, 2.24) is 9.55 Å². The molecule has 0 N–H and O–H groups in total. The Bertz CT molecular complexity index is 626. The number of benzene rings is 1. The third kappa shape index (κ3) is 2.60. The minimum absolute atomic E-state index is 0.00220. The molecule has 0 fully saturated rings. The fourth-order valence-corrected chi connectivity index (χ4v) is 2.08. The average Bonchev–Trinajstić information content (AvgIpc) is 2.79. The Balaban J connectivity index is 2.70. The van der Waals surface area contributed by atoms with Gasteiger partial charge in [-0.1, -0.05) is 15.9 Å². The van der Waals surface area contributed by atoms with Crippen LogP contribution in [0.25, 0.3) is 5.69 Å². The monoisotopic (exact) mass is 335 g/mol.